The van der Waals surface area contributed by atoms with Crippen molar-refractivity contribution in [1.29, 1.82) is 0 Å². The Balaban J connectivity index is 1.83. The number of aromatic nitrogens is 2. The Labute approximate surface area is 163 Å². The number of halogens is 1. The van der Waals surface area contributed by atoms with E-state index in [1.807, 2.05) is 20.8 Å². The summed E-state index contributed by atoms with van der Waals surface area (Å²) in [7, 11) is 1.72. The van der Waals surface area contributed by atoms with Crippen LogP contribution in [0.15, 0.2) is 24.3 Å². The van der Waals surface area contributed by atoms with Gasteiger partial charge in [0.25, 0.3) is 5.91 Å². The van der Waals surface area contributed by atoms with Crippen LogP contribution in [0, 0.1) is 0 Å². The minimum atomic E-state index is -0.573. The molecule has 1 aromatic carbocycles. The first kappa shape index (κ1) is 19.2. The minimum absolute atomic E-state index is 0.281. The van der Waals surface area contributed by atoms with Gasteiger partial charge in [-0.05, 0) is 32.9 Å². The van der Waals surface area contributed by atoms with E-state index in [1.165, 1.54) is 0 Å². The predicted molar refractivity (Wildman–Crippen MR) is 103 cm³/mol. The highest BCUT2D eigenvalue weighted by atomic mass is 35.5. The van der Waals surface area contributed by atoms with Gasteiger partial charge in [0, 0.05) is 25.6 Å². The normalized spacial score (nSPS) is 13.9. The molecule has 2 aromatic rings. The summed E-state index contributed by atoms with van der Waals surface area (Å²) < 4.78 is 7.00. The van der Waals surface area contributed by atoms with Gasteiger partial charge in [-0.1, -0.05) is 23.7 Å². The summed E-state index contributed by atoms with van der Waals surface area (Å²) >= 11 is 6.13. The molecule has 2 heterocycles. The van der Waals surface area contributed by atoms with Gasteiger partial charge >= 0.3 is 6.09 Å². The first-order chi connectivity index (χ1) is 12.7. The largest absolute Gasteiger partial charge is 0.444 e. The number of ether oxygens (including phenoxy) is 1. The summed E-state index contributed by atoms with van der Waals surface area (Å²) in [6.07, 6.45) is 0.177. The smallest absolute Gasteiger partial charge is 0.410 e. The number of nitrogens with one attached hydrogen (secondary N) is 1. The van der Waals surface area contributed by atoms with Crippen molar-refractivity contribution in [2.24, 2.45) is 7.05 Å². The van der Waals surface area contributed by atoms with E-state index in [2.05, 4.69) is 10.4 Å². The number of para-hydroxylation sites is 1. The zero-order valence-electron chi connectivity index (χ0n) is 15.9. The van der Waals surface area contributed by atoms with Crippen LogP contribution in [-0.4, -0.2) is 38.8 Å². The number of rotatable bonds is 2. The van der Waals surface area contributed by atoms with Crippen molar-refractivity contribution in [1.82, 2.24) is 14.7 Å². The van der Waals surface area contributed by atoms with Crippen LogP contribution < -0.4 is 5.32 Å². The van der Waals surface area contributed by atoms with Crippen LogP contribution in [0.1, 0.15) is 42.5 Å². The number of hydrogen-bond donors (Lipinski definition) is 1. The SMILES string of the molecule is Cn1nc2c(c1C(=O)Nc1ccccc1Cl)CN(C(=O)OC(C)(C)C)CC2. The molecule has 0 bridgehead atoms. The van der Waals surface area contributed by atoms with Crippen molar-refractivity contribution in [3.8, 4) is 0 Å². The van der Waals surface area contributed by atoms with Crippen LogP contribution in [-0.2, 0) is 24.8 Å². The molecule has 1 aromatic heterocycles. The number of aryl methyl sites for hydroxylation is 1. The lowest BCUT2D eigenvalue weighted by atomic mass is 10.1. The molecule has 0 saturated heterocycles. The van der Waals surface area contributed by atoms with Crippen molar-refractivity contribution in [3.63, 3.8) is 0 Å². The van der Waals surface area contributed by atoms with Crippen LogP contribution in [0.3, 0.4) is 0 Å². The maximum Gasteiger partial charge on any atom is 0.410 e. The molecule has 3 rings (SSSR count). The van der Waals surface area contributed by atoms with Crippen LogP contribution in [0.25, 0.3) is 0 Å². The Morgan fingerprint density at radius 2 is 1.96 bits per heavy atom. The summed E-state index contributed by atoms with van der Waals surface area (Å²) in [6.45, 7) is 6.26. The fourth-order valence-electron chi connectivity index (χ4n) is 3.01. The fourth-order valence-corrected chi connectivity index (χ4v) is 3.19. The second-order valence-corrected chi connectivity index (χ2v) is 7.89. The van der Waals surface area contributed by atoms with Crippen molar-refractivity contribution >= 4 is 29.3 Å². The Morgan fingerprint density at radius 3 is 2.63 bits per heavy atom. The van der Waals surface area contributed by atoms with Gasteiger partial charge in [-0.25, -0.2) is 4.79 Å². The molecule has 0 fully saturated rings. The molecule has 1 N–H and O–H groups in total. The number of benzene rings is 1. The molecule has 0 atom stereocenters. The third-order valence-electron chi connectivity index (χ3n) is 4.18. The number of anilines is 1. The van der Waals surface area contributed by atoms with Gasteiger partial charge in [0.2, 0.25) is 0 Å². The Kier molecular flexibility index (Phi) is 5.15. The van der Waals surface area contributed by atoms with Crippen LogP contribution >= 0.6 is 11.6 Å². The number of carbonyl (C=O) groups excluding carboxylic acids is 2. The van der Waals surface area contributed by atoms with E-state index < -0.39 is 11.7 Å². The Bertz CT molecular complexity index is 886. The van der Waals surface area contributed by atoms with Gasteiger partial charge in [0.15, 0.2) is 0 Å². The van der Waals surface area contributed by atoms with Gasteiger partial charge in [-0.2, -0.15) is 5.10 Å². The van der Waals surface area contributed by atoms with Gasteiger partial charge in [-0.15, -0.1) is 0 Å². The summed E-state index contributed by atoms with van der Waals surface area (Å²) in [4.78, 5) is 26.9. The zero-order chi connectivity index (χ0) is 19.8. The lowest BCUT2D eigenvalue weighted by Gasteiger charge is -2.29. The topological polar surface area (TPSA) is 76.5 Å². The van der Waals surface area contributed by atoms with Crippen molar-refractivity contribution in [2.45, 2.75) is 39.3 Å². The zero-order valence-corrected chi connectivity index (χ0v) is 16.6. The first-order valence-electron chi connectivity index (χ1n) is 8.74. The molecule has 1 aliphatic rings. The van der Waals surface area contributed by atoms with Gasteiger partial charge in [-0.3, -0.25) is 9.48 Å². The lowest BCUT2D eigenvalue weighted by Crippen LogP contribution is -2.40. The predicted octanol–water partition coefficient (Wildman–Crippen LogP) is 3.62. The Morgan fingerprint density at radius 1 is 1.26 bits per heavy atom. The number of nitrogens with zero attached hydrogens (tertiary/aromatic N) is 3. The second-order valence-electron chi connectivity index (χ2n) is 7.48. The highest BCUT2D eigenvalue weighted by Crippen LogP contribution is 2.26. The van der Waals surface area contributed by atoms with E-state index in [0.717, 1.165) is 11.3 Å². The standard InChI is InChI=1S/C19H23ClN4O3/c1-19(2,3)27-18(26)24-10-9-14-12(11-24)16(23(4)22-14)17(25)21-15-8-6-5-7-13(15)20/h5-8H,9-11H2,1-4H3,(H,21,25). The third-order valence-corrected chi connectivity index (χ3v) is 4.51. The average molecular weight is 391 g/mol. The van der Waals surface area contributed by atoms with E-state index in [1.54, 1.807) is 40.9 Å². The number of carbonyl (C=O) groups is 2. The lowest BCUT2D eigenvalue weighted by molar-refractivity contribution is 0.0222. The highest BCUT2D eigenvalue weighted by molar-refractivity contribution is 6.33. The number of amides is 2. The molecule has 0 unspecified atom stereocenters. The number of fused-ring (bicyclic) bond motifs is 1. The van der Waals surface area contributed by atoms with E-state index in [-0.39, 0.29) is 12.5 Å². The second kappa shape index (κ2) is 7.23. The van der Waals surface area contributed by atoms with Crippen LogP contribution in [0.2, 0.25) is 5.02 Å². The molecule has 0 aliphatic carbocycles. The number of hydrogen-bond acceptors (Lipinski definition) is 4. The van der Waals surface area contributed by atoms with E-state index in [9.17, 15) is 9.59 Å². The summed E-state index contributed by atoms with van der Waals surface area (Å²) in [5, 5.41) is 7.72. The highest BCUT2D eigenvalue weighted by Gasteiger charge is 2.31. The molecule has 2 amide bonds. The van der Waals surface area contributed by atoms with Crippen molar-refractivity contribution in [3.05, 3.63) is 46.2 Å². The molecule has 27 heavy (non-hydrogen) atoms. The summed E-state index contributed by atoms with van der Waals surface area (Å²) in [5.41, 5.74) is 1.93. The quantitative estimate of drug-likeness (QED) is 0.849. The monoisotopic (exact) mass is 390 g/mol. The fraction of sp³-hybridized carbons (Fsp3) is 0.421. The van der Waals surface area contributed by atoms with Crippen LogP contribution in [0.4, 0.5) is 10.5 Å². The molecular formula is C19H23ClN4O3. The molecule has 7 nitrogen and oxygen atoms in total. The molecule has 8 heteroatoms. The van der Waals surface area contributed by atoms with Crippen molar-refractivity contribution in [2.75, 3.05) is 11.9 Å². The summed E-state index contributed by atoms with van der Waals surface area (Å²) in [5.74, 6) is -0.314. The average Bonchev–Trinajstić information content (AvgIpc) is 2.90. The maximum absolute atomic E-state index is 12.9. The Hall–Kier alpha value is -2.54. The third kappa shape index (κ3) is 4.24. The van der Waals surface area contributed by atoms with E-state index in [4.69, 9.17) is 16.3 Å². The molecule has 1 aliphatic heterocycles. The van der Waals surface area contributed by atoms with Crippen LogP contribution in [0.5, 0.6) is 0 Å². The van der Waals surface area contributed by atoms with Gasteiger partial charge in [0.1, 0.15) is 11.3 Å². The first-order valence-corrected chi connectivity index (χ1v) is 9.12. The van der Waals surface area contributed by atoms with Gasteiger partial charge < -0.3 is 15.0 Å². The van der Waals surface area contributed by atoms with Crippen molar-refractivity contribution < 1.29 is 14.3 Å². The molecule has 0 radical (unpaired) electrons. The van der Waals surface area contributed by atoms with E-state index in [0.29, 0.717) is 29.4 Å². The maximum atomic E-state index is 12.9. The van der Waals surface area contributed by atoms with Gasteiger partial charge in [0.05, 0.1) is 22.9 Å². The molecular weight excluding hydrogens is 368 g/mol. The molecule has 0 saturated carbocycles. The molecule has 0 spiro atoms. The molecule has 144 valence electrons. The summed E-state index contributed by atoms with van der Waals surface area (Å²) in [6, 6.07) is 7.03. The van der Waals surface area contributed by atoms with E-state index >= 15 is 0 Å². The minimum Gasteiger partial charge on any atom is -0.444 e.